The van der Waals surface area contributed by atoms with Gasteiger partial charge in [-0.1, -0.05) is 18.2 Å². The van der Waals surface area contributed by atoms with Gasteiger partial charge >= 0.3 is 0 Å². The molecule has 0 saturated carbocycles. The third-order valence-corrected chi connectivity index (χ3v) is 5.75. The number of imidazole rings is 1. The van der Waals surface area contributed by atoms with Gasteiger partial charge in [-0.05, 0) is 42.8 Å². The summed E-state index contributed by atoms with van der Waals surface area (Å²) in [6.45, 7) is 0. The highest BCUT2D eigenvalue weighted by Crippen LogP contribution is 2.33. The molecule has 2 unspecified atom stereocenters. The van der Waals surface area contributed by atoms with Crippen molar-refractivity contribution in [3.63, 3.8) is 0 Å². The Morgan fingerprint density at radius 1 is 1.11 bits per heavy atom. The predicted octanol–water partition coefficient (Wildman–Crippen LogP) is 4.37. The van der Waals surface area contributed by atoms with Gasteiger partial charge in [0.15, 0.2) is 0 Å². The smallest absolute Gasteiger partial charge is 0.138 e. The molecule has 2 heterocycles. The molecular formula is C21H18FN3OS. The lowest BCUT2D eigenvalue weighted by Gasteiger charge is -2.12. The third kappa shape index (κ3) is 3.66. The van der Waals surface area contributed by atoms with Gasteiger partial charge < -0.3 is 4.98 Å². The van der Waals surface area contributed by atoms with E-state index in [1.807, 2.05) is 24.3 Å². The van der Waals surface area contributed by atoms with Crippen LogP contribution in [0, 0.1) is 5.82 Å². The van der Waals surface area contributed by atoms with Gasteiger partial charge in [0, 0.05) is 46.1 Å². The molecule has 1 aliphatic rings. The molecule has 0 radical (unpaired) electrons. The highest BCUT2D eigenvalue weighted by Gasteiger charge is 2.18. The Kier molecular flexibility index (Phi) is 4.81. The SMILES string of the molecule is CS(=O)C1C=CC(c2nc(-c3ccc(F)cc3)c(-c3ccncc3)[nH]2)=CC1. The van der Waals surface area contributed by atoms with Crippen LogP contribution in [0.3, 0.4) is 0 Å². The number of benzene rings is 1. The minimum atomic E-state index is -0.889. The van der Waals surface area contributed by atoms with Crippen LogP contribution < -0.4 is 0 Å². The van der Waals surface area contributed by atoms with Crippen molar-refractivity contribution in [2.45, 2.75) is 11.7 Å². The maximum atomic E-state index is 13.3. The minimum Gasteiger partial charge on any atom is -0.337 e. The highest BCUT2D eigenvalue weighted by atomic mass is 32.2. The lowest BCUT2D eigenvalue weighted by molar-refractivity contribution is 0.628. The van der Waals surface area contributed by atoms with Crippen LogP contribution in [0.2, 0.25) is 0 Å². The first-order chi connectivity index (χ1) is 13.1. The fraction of sp³-hybridized carbons (Fsp3) is 0.143. The van der Waals surface area contributed by atoms with E-state index in [1.165, 1.54) is 12.1 Å². The lowest BCUT2D eigenvalue weighted by atomic mass is 10.1. The van der Waals surface area contributed by atoms with Crippen LogP contribution >= 0.6 is 0 Å². The van der Waals surface area contributed by atoms with E-state index in [4.69, 9.17) is 4.98 Å². The van der Waals surface area contributed by atoms with Crippen molar-refractivity contribution in [1.29, 1.82) is 0 Å². The number of nitrogens with one attached hydrogen (secondary N) is 1. The minimum absolute atomic E-state index is 0.0416. The summed E-state index contributed by atoms with van der Waals surface area (Å²) in [7, 11) is -0.889. The summed E-state index contributed by atoms with van der Waals surface area (Å²) in [4.78, 5) is 12.3. The zero-order valence-corrected chi connectivity index (χ0v) is 15.5. The number of nitrogens with zero attached hydrogens (tertiary/aromatic N) is 2. The van der Waals surface area contributed by atoms with Gasteiger partial charge in [-0.3, -0.25) is 9.19 Å². The number of halogens is 1. The summed E-state index contributed by atoms with van der Waals surface area (Å²) in [6.07, 6.45) is 11.9. The Balaban J connectivity index is 1.78. The second-order valence-electron chi connectivity index (χ2n) is 6.34. The van der Waals surface area contributed by atoms with Gasteiger partial charge in [0.05, 0.1) is 16.6 Å². The number of hydrogen-bond acceptors (Lipinski definition) is 3. The molecule has 0 saturated heterocycles. The number of H-pyrrole nitrogens is 1. The zero-order chi connectivity index (χ0) is 18.8. The van der Waals surface area contributed by atoms with Crippen molar-refractivity contribution in [2.24, 2.45) is 0 Å². The Labute approximate surface area is 159 Å². The van der Waals surface area contributed by atoms with Crippen LogP contribution in [0.1, 0.15) is 12.2 Å². The van der Waals surface area contributed by atoms with Crippen LogP contribution in [0.4, 0.5) is 4.39 Å². The molecule has 0 aliphatic heterocycles. The van der Waals surface area contributed by atoms with E-state index >= 15 is 0 Å². The van der Waals surface area contributed by atoms with Gasteiger partial charge in [0.25, 0.3) is 0 Å². The molecule has 27 heavy (non-hydrogen) atoms. The third-order valence-electron chi connectivity index (χ3n) is 4.55. The Morgan fingerprint density at radius 2 is 1.85 bits per heavy atom. The number of pyridine rings is 1. The molecule has 2 atom stereocenters. The molecule has 0 bridgehead atoms. The van der Waals surface area contributed by atoms with Crippen molar-refractivity contribution in [3.05, 3.63) is 78.7 Å². The standard InChI is InChI=1S/C21H18FN3OS/c1-27(26)18-8-4-16(5-9-18)21-24-19(14-2-6-17(22)7-3-14)20(25-21)15-10-12-23-13-11-15/h2-8,10-13,18H,9H2,1H3,(H,24,25). The van der Waals surface area contributed by atoms with Gasteiger partial charge in [-0.15, -0.1) is 0 Å². The molecule has 1 N–H and O–H groups in total. The Hall–Kier alpha value is -2.86. The fourth-order valence-electron chi connectivity index (χ4n) is 3.08. The molecule has 0 amide bonds. The van der Waals surface area contributed by atoms with Crippen molar-refractivity contribution >= 4 is 16.4 Å². The predicted molar refractivity (Wildman–Crippen MR) is 107 cm³/mol. The number of allylic oxidation sites excluding steroid dienone is 3. The zero-order valence-electron chi connectivity index (χ0n) is 14.7. The molecule has 136 valence electrons. The number of aromatic nitrogens is 3. The molecule has 1 aromatic carbocycles. The summed E-state index contributed by atoms with van der Waals surface area (Å²) in [5, 5.41) is 0.0416. The van der Waals surface area contributed by atoms with Gasteiger partial charge in [0.1, 0.15) is 11.6 Å². The largest absolute Gasteiger partial charge is 0.337 e. The average molecular weight is 379 g/mol. The van der Waals surface area contributed by atoms with Crippen molar-refractivity contribution in [2.75, 3.05) is 6.26 Å². The summed E-state index contributed by atoms with van der Waals surface area (Å²) in [5.41, 5.74) is 4.36. The van der Waals surface area contributed by atoms with Gasteiger partial charge in [0.2, 0.25) is 0 Å². The molecule has 6 heteroatoms. The molecule has 2 aromatic heterocycles. The summed E-state index contributed by atoms with van der Waals surface area (Å²) in [6, 6.07) is 10.1. The molecule has 4 rings (SSSR count). The summed E-state index contributed by atoms with van der Waals surface area (Å²) >= 11 is 0. The molecule has 0 spiro atoms. The topological polar surface area (TPSA) is 58.6 Å². The number of hydrogen-bond donors (Lipinski definition) is 1. The van der Waals surface area contributed by atoms with E-state index in [0.29, 0.717) is 6.42 Å². The summed E-state index contributed by atoms with van der Waals surface area (Å²) < 4.78 is 25.0. The van der Waals surface area contributed by atoms with E-state index in [2.05, 4.69) is 16.0 Å². The van der Waals surface area contributed by atoms with E-state index in [0.717, 1.165) is 33.9 Å². The maximum absolute atomic E-state index is 13.3. The van der Waals surface area contributed by atoms with Crippen LogP contribution in [0.25, 0.3) is 28.1 Å². The first kappa shape index (κ1) is 17.5. The van der Waals surface area contributed by atoms with E-state index < -0.39 is 10.8 Å². The highest BCUT2D eigenvalue weighted by molar-refractivity contribution is 7.85. The van der Waals surface area contributed by atoms with Crippen molar-refractivity contribution < 1.29 is 8.60 Å². The van der Waals surface area contributed by atoms with Crippen LogP contribution in [-0.4, -0.2) is 30.7 Å². The second kappa shape index (κ2) is 7.40. The van der Waals surface area contributed by atoms with Crippen LogP contribution in [-0.2, 0) is 10.8 Å². The molecule has 4 nitrogen and oxygen atoms in total. The quantitative estimate of drug-likeness (QED) is 0.732. The number of aromatic amines is 1. The molecule has 1 aliphatic carbocycles. The molecular weight excluding hydrogens is 361 g/mol. The van der Waals surface area contributed by atoms with E-state index in [9.17, 15) is 8.60 Å². The van der Waals surface area contributed by atoms with Gasteiger partial charge in [-0.25, -0.2) is 9.37 Å². The van der Waals surface area contributed by atoms with Gasteiger partial charge in [-0.2, -0.15) is 0 Å². The number of rotatable bonds is 4. The average Bonchev–Trinajstić information content (AvgIpc) is 3.15. The second-order valence-corrected chi connectivity index (χ2v) is 7.95. The van der Waals surface area contributed by atoms with Crippen LogP contribution in [0.5, 0.6) is 0 Å². The monoisotopic (exact) mass is 379 g/mol. The fourth-order valence-corrected chi connectivity index (χ4v) is 3.74. The lowest BCUT2D eigenvalue weighted by Crippen LogP contribution is -2.12. The van der Waals surface area contributed by atoms with Crippen LogP contribution in [0.15, 0.2) is 67.0 Å². The van der Waals surface area contributed by atoms with Crippen molar-refractivity contribution in [1.82, 2.24) is 15.0 Å². The molecule has 3 aromatic rings. The first-order valence-corrected chi connectivity index (χ1v) is 10.2. The Morgan fingerprint density at radius 3 is 2.48 bits per heavy atom. The van der Waals surface area contributed by atoms with E-state index in [-0.39, 0.29) is 11.1 Å². The van der Waals surface area contributed by atoms with Crippen molar-refractivity contribution in [3.8, 4) is 22.5 Å². The first-order valence-electron chi connectivity index (χ1n) is 8.59. The Bertz CT molecular complexity index is 1040. The molecule has 0 fully saturated rings. The normalized spacial score (nSPS) is 17.6. The summed E-state index contributed by atoms with van der Waals surface area (Å²) in [5.74, 6) is 0.453. The maximum Gasteiger partial charge on any atom is 0.138 e. The van der Waals surface area contributed by atoms with E-state index in [1.54, 1.807) is 30.8 Å².